The van der Waals surface area contributed by atoms with Gasteiger partial charge in [-0.1, -0.05) is 0 Å². The maximum absolute atomic E-state index is 12.0. The molecule has 0 bridgehead atoms. The Kier molecular flexibility index (Phi) is 6.98. The number of nitrogens with one attached hydrogen (secondary N) is 1. The number of hydrogen-bond donors (Lipinski definition) is 1. The Bertz CT molecular complexity index is 632. The molecule has 0 unspecified atom stereocenters. The van der Waals surface area contributed by atoms with Gasteiger partial charge in [0.2, 0.25) is 10.0 Å². The van der Waals surface area contributed by atoms with E-state index in [4.69, 9.17) is 14.2 Å². The van der Waals surface area contributed by atoms with Crippen molar-refractivity contribution in [3.8, 4) is 0 Å². The van der Waals surface area contributed by atoms with Crippen molar-refractivity contribution >= 4 is 27.3 Å². The lowest BCUT2D eigenvalue weighted by Crippen LogP contribution is -2.41. The van der Waals surface area contributed by atoms with Crippen molar-refractivity contribution in [3.63, 3.8) is 0 Å². The van der Waals surface area contributed by atoms with Crippen LogP contribution in [0.2, 0.25) is 0 Å². The largest absolute Gasteiger partial charge is 0.382 e. The average Bonchev–Trinajstić information content (AvgIpc) is 2.56. The monoisotopic (exact) mass is 358 g/mol. The summed E-state index contributed by atoms with van der Waals surface area (Å²) < 4.78 is 41.5. The Morgan fingerprint density at radius 2 is 1.96 bits per heavy atom. The first-order chi connectivity index (χ1) is 11.5. The van der Waals surface area contributed by atoms with Gasteiger partial charge in [-0.05, 0) is 24.3 Å². The SMILES string of the molecule is COCCOCCS(=O)(=O)Nc1ccc(N2CCOCC2=O)cc1. The molecular formula is C15H22N2O6S. The van der Waals surface area contributed by atoms with Gasteiger partial charge in [-0.15, -0.1) is 0 Å². The van der Waals surface area contributed by atoms with E-state index < -0.39 is 10.0 Å². The van der Waals surface area contributed by atoms with Gasteiger partial charge in [0.05, 0.1) is 32.2 Å². The molecule has 9 heteroatoms. The molecule has 1 saturated heterocycles. The van der Waals surface area contributed by atoms with E-state index >= 15 is 0 Å². The lowest BCUT2D eigenvalue weighted by molar-refractivity contribution is -0.125. The number of amides is 1. The lowest BCUT2D eigenvalue weighted by Gasteiger charge is -2.26. The molecule has 1 heterocycles. The van der Waals surface area contributed by atoms with Crippen LogP contribution in [0.4, 0.5) is 11.4 Å². The minimum atomic E-state index is -3.49. The van der Waals surface area contributed by atoms with Gasteiger partial charge in [0.25, 0.3) is 5.91 Å². The van der Waals surface area contributed by atoms with Crippen LogP contribution in [0.5, 0.6) is 0 Å². The first-order valence-corrected chi connectivity index (χ1v) is 9.22. The molecule has 134 valence electrons. The molecule has 0 aliphatic carbocycles. The van der Waals surface area contributed by atoms with Crippen LogP contribution in [0.3, 0.4) is 0 Å². The number of hydrogen-bond acceptors (Lipinski definition) is 6. The van der Waals surface area contributed by atoms with Crippen molar-refractivity contribution in [2.75, 3.05) is 62.1 Å². The van der Waals surface area contributed by atoms with E-state index in [0.717, 1.165) is 0 Å². The maximum atomic E-state index is 12.0. The van der Waals surface area contributed by atoms with E-state index in [1.807, 2.05) is 0 Å². The Balaban J connectivity index is 1.87. The molecule has 1 aliphatic heterocycles. The van der Waals surface area contributed by atoms with Gasteiger partial charge in [0.15, 0.2) is 0 Å². The molecule has 0 spiro atoms. The van der Waals surface area contributed by atoms with Gasteiger partial charge in [-0.25, -0.2) is 8.42 Å². The van der Waals surface area contributed by atoms with Crippen molar-refractivity contribution in [1.82, 2.24) is 0 Å². The molecule has 24 heavy (non-hydrogen) atoms. The van der Waals surface area contributed by atoms with Crippen LogP contribution in [0.1, 0.15) is 0 Å². The predicted octanol–water partition coefficient (Wildman–Crippen LogP) is 0.455. The molecule has 2 rings (SSSR count). The van der Waals surface area contributed by atoms with Crippen LogP contribution >= 0.6 is 0 Å². The molecule has 1 N–H and O–H groups in total. The Hall–Kier alpha value is -1.68. The van der Waals surface area contributed by atoms with Crippen molar-refractivity contribution in [3.05, 3.63) is 24.3 Å². The Labute approximate surface area is 141 Å². The first kappa shape index (κ1) is 18.7. The van der Waals surface area contributed by atoms with E-state index in [1.165, 1.54) is 0 Å². The highest BCUT2D eigenvalue weighted by atomic mass is 32.2. The molecule has 1 fully saturated rings. The highest BCUT2D eigenvalue weighted by molar-refractivity contribution is 7.92. The standard InChI is InChI=1S/C15H22N2O6S/c1-21-8-9-22-10-11-24(19,20)16-13-2-4-14(5-3-13)17-6-7-23-12-15(17)18/h2-5,16H,6-12H2,1H3. The molecule has 1 amide bonds. The van der Waals surface area contributed by atoms with E-state index in [-0.39, 0.29) is 24.9 Å². The fraction of sp³-hybridized carbons (Fsp3) is 0.533. The van der Waals surface area contributed by atoms with Crippen molar-refractivity contribution < 1.29 is 27.4 Å². The van der Waals surface area contributed by atoms with Gasteiger partial charge < -0.3 is 19.1 Å². The van der Waals surface area contributed by atoms with E-state index in [0.29, 0.717) is 37.7 Å². The molecule has 1 aromatic rings. The zero-order chi connectivity index (χ0) is 17.4. The molecule has 0 aromatic heterocycles. The van der Waals surface area contributed by atoms with Crippen molar-refractivity contribution in [2.24, 2.45) is 0 Å². The van der Waals surface area contributed by atoms with Crippen molar-refractivity contribution in [2.45, 2.75) is 0 Å². The smallest absolute Gasteiger partial charge is 0.253 e. The molecule has 8 nitrogen and oxygen atoms in total. The van der Waals surface area contributed by atoms with E-state index in [2.05, 4.69) is 4.72 Å². The van der Waals surface area contributed by atoms with Crippen LogP contribution in [0, 0.1) is 0 Å². The number of rotatable bonds is 9. The van der Waals surface area contributed by atoms with Crippen LogP contribution in [-0.4, -0.2) is 66.8 Å². The summed E-state index contributed by atoms with van der Waals surface area (Å²) in [4.78, 5) is 13.4. The number of sulfonamides is 1. The molecule has 0 saturated carbocycles. The number of benzene rings is 1. The normalized spacial score (nSPS) is 15.5. The number of ether oxygens (including phenoxy) is 3. The van der Waals surface area contributed by atoms with Crippen molar-refractivity contribution in [1.29, 1.82) is 0 Å². The number of nitrogens with zero attached hydrogens (tertiary/aromatic N) is 1. The summed E-state index contributed by atoms with van der Waals surface area (Å²) in [6.07, 6.45) is 0. The summed E-state index contributed by atoms with van der Waals surface area (Å²) >= 11 is 0. The summed E-state index contributed by atoms with van der Waals surface area (Å²) in [5.74, 6) is -0.247. The summed E-state index contributed by atoms with van der Waals surface area (Å²) in [6.45, 7) is 1.92. The predicted molar refractivity (Wildman–Crippen MR) is 89.7 cm³/mol. The fourth-order valence-electron chi connectivity index (χ4n) is 2.14. The summed E-state index contributed by atoms with van der Waals surface area (Å²) in [5.41, 5.74) is 1.16. The Morgan fingerprint density at radius 1 is 1.21 bits per heavy atom. The maximum Gasteiger partial charge on any atom is 0.253 e. The van der Waals surface area contributed by atoms with Gasteiger partial charge in [0.1, 0.15) is 6.61 Å². The minimum absolute atomic E-state index is 0.0669. The minimum Gasteiger partial charge on any atom is -0.382 e. The number of anilines is 2. The third-order valence-corrected chi connectivity index (χ3v) is 4.62. The summed E-state index contributed by atoms with van der Waals surface area (Å²) in [6, 6.07) is 6.66. The number of morpholine rings is 1. The van der Waals surface area contributed by atoms with Gasteiger partial charge in [-0.3, -0.25) is 9.52 Å². The Morgan fingerprint density at radius 3 is 2.62 bits per heavy atom. The van der Waals surface area contributed by atoms with E-state index in [9.17, 15) is 13.2 Å². The third kappa shape index (κ3) is 5.75. The highest BCUT2D eigenvalue weighted by Crippen LogP contribution is 2.20. The molecule has 1 aromatic carbocycles. The van der Waals surface area contributed by atoms with Crippen LogP contribution in [-0.2, 0) is 29.0 Å². The van der Waals surface area contributed by atoms with E-state index in [1.54, 1.807) is 36.3 Å². The molecule has 0 radical (unpaired) electrons. The lowest BCUT2D eigenvalue weighted by atomic mass is 10.2. The average molecular weight is 358 g/mol. The second-order valence-electron chi connectivity index (χ2n) is 5.17. The summed E-state index contributed by atoms with van der Waals surface area (Å²) in [5, 5.41) is 0. The van der Waals surface area contributed by atoms with Crippen LogP contribution in [0.25, 0.3) is 0 Å². The van der Waals surface area contributed by atoms with Gasteiger partial charge in [-0.2, -0.15) is 0 Å². The zero-order valence-electron chi connectivity index (χ0n) is 13.6. The number of methoxy groups -OCH3 is 1. The second kappa shape index (κ2) is 8.97. The first-order valence-electron chi connectivity index (χ1n) is 7.57. The topological polar surface area (TPSA) is 94.2 Å². The summed E-state index contributed by atoms with van der Waals surface area (Å²) in [7, 11) is -1.94. The third-order valence-electron chi connectivity index (χ3n) is 3.37. The fourth-order valence-corrected chi connectivity index (χ4v) is 3.08. The second-order valence-corrected chi connectivity index (χ2v) is 7.01. The van der Waals surface area contributed by atoms with Gasteiger partial charge in [0, 0.05) is 25.0 Å². The molecular weight excluding hydrogens is 336 g/mol. The van der Waals surface area contributed by atoms with Gasteiger partial charge >= 0.3 is 0 Å². The zero-order valence-corrected chi connectivity index (χ0v) is 14.4. The van der Waals surface area contributed by atoms with Crippen LogP contribution in [0.15, 0.2) is 24.3 Å². The molecule has 0 atom stereocenters. The molecule has 1 aliphatic rings. The van der Waals surface area contributed by atoms with Crippen LogP contribution < -0.4 is 9.62 Å². The highest BCUT2D eigenvalue weighted by Gasteiger charge is 2.20. The quantitative estimate of drug-likeness (QED) is 0.645. The number of carbonyl (C=O) groups excluding carboxylic acids is 1. The number of carbonyl (C=O) groups is 1.